The molecule has 0 aromatic carbocycles. The number of aromatic nitrogens is 2. The maximum absolute atomic E-state index is 10.2. The smallest absolute Gasteiger partial charge is 0.0958 e. The predicted molar refractivity (Wildman–Crippen MR) is 66.2 cm³/mol. The van der Waals surface area contributed by atoms with E-state index in [1.54, 1.807) is 6.20 Å². The van der Waals surface area contributed by atoms with Crippen LogP contribution < -0.4 is 0 Å². The van der Waals surface area contributed by atoms with Crippen LogP contribution in [0.4, 0.5) is 0 Å². The second kappa shape index (κ2) is 6.69. The third-order valence-electron chi connectivity index (χ3n) is 3.26. The second-order valence-corrected chi connectivity index (χ2v) is 4.45. The highest BCUT2D eigenvalue weighted by Gasteiger charge is 2.16. The van der Waals surface area contributed by atoms with Crippen LogP contribution in [0.2, 0.25) is 0 Å². The molecule has 0 radical (unpaired) electrons. The average Bonchev–Trinajstić information content (AvgIpc) is 2.74. The Bertz CT molecular complexity index is 292. The van der Waals surface area contributed by atoms with Crippen LogP contribution >= 0.6 is 0 Å². The van der Waals surface area contributed by atoms with Crippen LogP contribution in [0.3, 0.4) is 0 Å². The fraction of sp³-hybridized carbons (Fsp3) is 0.769. The van der Waals surface area contributed by atoms with Crippen LogP contribution in [0.15, 0.2) is 12.5 Å². The topological polar surface area (TPSA) is 38.0 Å². The zero-order valence-corrected chi connectivity index (χ0v) is 10.7. The highest BCUT2D eigenvalue weighted by Crippen LogP contribution is 2.24. The van der Waals surface area contributed by atoms with Crippen LogP contribution in [0, 0.1) is 5.92 Å². The SMILES string of the molecule is CCCn1cncc1C(O)CC(CC)CC. The quantitative estimate of drug-likeness (QED) is 0.772. The van der Waals surface area contributed by atoms with Gasteiger partial charge in [0.05, 0.1) is 24.3 Å². The molecule has 0 fully saturated rings. The third kappa shape index (κ3) is 3.34. The number of aliphatic hydroxyl groups is 1. The molecule has 0 saturated carbocycles. The molecule has 1 aromatic rings. The van der Waals surface area contributed by atoms with Crippen molar-refractivity contribution in [2.45, 2.75) is 59.1 Å². The number of aliphatic hydroxyl groups excluding tert-OH is 1. The molecule has 0 aliphatic rings. The van der Waals surface area contributed by atoms with Crippen molar-refractivity contribution in [3.63, 3.8) is 0 Å². The van der Waals surface area contributed by atoms with Crippen molar-refractivity contribution in [1.82, 2.24) is 9.55 Å². The number of aryl methyl sites for hydroxylation is 1. The van der Waals surface area contributed by atoms with Crippen LogP contribution in [0.1, 0.15) is 58.3 Å². The molecule has 1 atom stereocenters. The van der Waals surface area contributed by atoms with Gasteiger partial charge in [-0.3, -0.25) is 0 Å². The Balaban J connectivity index is 2.64. The minimum absolute atomic E-state index is 0.362. The fourth-order valence-electron chi connectivity index (χ4n) is 2.09. The molecular formula is C13H24N2O. The molecule has 16 heavy (non-hydrogen) atoms. The van der Waals surface area contributed by atoms with Crippen molar-refractivity contribution in [3.8, 4) is 0 Å². The van der Waals surface area contributed by atoms with Gasteiger partial charge in [-0.1, -0.05) is 33.6 Å². The number of hydrogen-bond donors (Lipinski definition) is 1. The summed E-state index contributed by atoms with van der Waals surface area (Å²) < 4.78 is 2.06. The zero-order chi connectivity index (χ0) is 12.0. The maximum Gasteiger partial charge on any atom is 0.0958 e. The van der Waals surface area contributed by atoms with Crippen molar-refractivity contribution in [2.24, 2.45) is 5.92 Å². The van der Waals surface area contributed by atoms with Gasteiger partial charge < -0.3 is 9.67 Å². The molecule has 3 heteroatoms. The van der Waals surface area contributed by atoms with Gasteiger partial charge in [0, 0.05) is 6.54 Å². The van der Waals surface area contributed by atoms with E-state index in [1.807, 2.05) is 6.33 Å². The molecule has 0 aliphatic heterocycles. The Kier molecular flexibility index (Phi) is 5.53. The predicted octanol–water partition coefficient (Wildman–Crippen LogP) is 3.15. The minimum atomic E-state index is -0.362. The molecule has 0 spiro atoms. The van der Waals surface area contributed by atoms with Gasteiger partial charge >= 0.3 is 0 Å². The Labute approximate surface area is 98.5 Å². The fourth-order valence-corrected chi connectivity index (χ4v) is 2.09. The minimum Gasteiger partial charge on any atom is -0.387 e. The molecule has 1 aromatic heterocycles. The van der Waals surface area contributed by atoms with Crippen molar-refractivity contribution in [1.29, 1.82) is 0 Å². The summed E-state index contributed by atoms with van der Waals surface area (Å²) in [7, 11) is 0. The van der Waals surface area contributed by atoms with Crippen molar-refractivity contribution >= 4 is 0 Å². The van der Waals surface area contributed by atoms with Crippen molar-refractivity contribution in [3.05, 3.63) is 18.2 Å². The van der Waals surface area contributed by atoms with E-state index in [9.17, 15) is 5.11 Å². The van der Waals surface area contributed by atoms with Crippen LogP contribution in [-0.2, 0) is 6.54 Å². The molecule has 1 unspecified atom stereocenters. The molecular weight excluding hydrogens is 200 g/mol. The van der Waals surface area contributed by atoms with Gasteiger partial charge in [0.1, 0.15) is 0 Å². The van der Waals surface area contributed by atoms with Crippen molar-refractivity contribution in [2.75, 3.05) is 0 Å². The molecule has 0 saturated heterocycles. The standard InChI is InChI=1S/C13H24N2O/c1-4-7-15-10-14-9-12(15)13(16)8-11(5-2)6-3/h9-11,13,16H,4-8H2,1-3H3. The molecule has 0 aliphatic carbocycles. The summed E-state index contributed by atoms with van der Waals surface area (Å²) in [5.41, 5.74) is 0.966. The zero-order valence-electron chi connectivity index (χ0n) is 10.7. The van der Waals surface area contributed by atoms with E-state index in [1.165, 1.54) is 0 Å². The Morgan fingerprint density at radius 3 is 2.56 bits per heavy atom. The molecule has 0 bridgehead atoms. The van der Waals surface area contributed by atoms with E-state index in [4.69, 9.17) is 0 Å². The lowest BCUT2D eigenvalue weighted by molar-refractivity contribution is 0.132. The van der Waals surface area contributed by atoms with Crippen LogP contribution in [0.5, 0.6) is 0 Å². The van der Waals surface area contributed by atoms with Gasteiger partial charge in [-0.2, -0.15) is 0 Å². The van der Waals surface area contributed by atoms with E-state index in [0.717, 1.165) is 37.9 Å². The molecule has 3 nitrogen and oxygen atoms in total. The second-order valence-electron chi connectivity index (χ2n) is 4.45. The van der Waals surface area contributed by atoms with Crippen LogP contribution in [-0.4, -0.2) is 14.7 Å². The highest BCUT2D eigenvalue weighted by atomic mass is 16.3. The van der Waals surface area contributed by atoms with E-state index in [2.05, 4.69) is 30.3 Å². The first-order valence-corrected chi connectivity index (χ1v) is 6.40. The Morgan fingerprint density at radius 2 is 2.00 bits per heavy atom. The number of imidazole rings is 1. The molecule has 92 valence electrons. The molecule has 1 heterocycles. The van der Waals surface area contributed by atoms with E-state index < -0.39 is 0 Å². The summed E-state index contributed by atoms with van der Waals surface area (Å²) in [4.78, 5) is 4.12. The van der Waals surface area contributed by atoms with E-state index >= 15 is 0 Å². The summed E-state index contributed by atoms with van der Waals surface area (Å²) >= 11 is 0. The lowest BCUT2D eigenvalue weighted by atomic mass is 9.95. The highest BCUT2D eigenvalue weighted by molar-refractivity contribution is 5.02. The van der Waals surface area contributed by atoms with Gasteiger partial charge in [0.15, 0.2) is 0 Å². The summed E-state index contributed by atoms with van der Waals surface area (Å²) in [6.07, 6.45) is 7.44. The van der Waals surface area contributed by atoms with Gasteiger partial charge in [-0.05, 0) is 18.8 Å². The van der Waals surface area contributed by atoms with Gasteiger partial charge in [0.25, 0.3) is 0 Å². The molecule has 1 rings (SSSR count). The summed E-state index contributed by atoms with van der Waals surface area (Å²) in [5.74, 6) is 0.611. The lowest BCUT2D eigenvalue weighted by Gasteiger charge is -2.18. The first kappa shape index (κ1) is 13.2. The maximum atomic E-state index is 10.2. The van der Waals surface area contributed by atoms with Gasteiger partial charge in [-0.25, -0.2) is 4.98 Å². The number of nitrogens with zero attached hydrogens (tertiary/aromatic N) is 2. The monoisotopic (exact) mass is 224 g/mol. The number of rotatable bonds is 7. The summed E-state index contributed by atoms with van der Waals surface area (Å²) in [5, 5.41) is 10.2. The van der Waals surface area contributed by atoms with Gasteiger partial charge in [-0.15, -0.1) is 0 Å². The molecule has 1 N–H and O–H groups in total. The first-order chi connectivity index (χ1) is 7.72. The lowest BCUT2D eigenvalue weighted by Crippen LogP contribution is -2.11. The Hall–Kier alpha value is -0.830. The molecule has 0 amide bonds. The van der Waals surface area contributed by atoms with Crippen molar-refractivity contribution < 1.29 is 5.11 Å². The van der Waals surface area contributed by atoms with Gasteiger partial charge in [0.2, 0.25) is 0 Å². The van der Waals surface area contributed by atoms with Crippen LogP contribution in [0.25, 0.3) is 0 Å². The largest absolute Gasteiger partial charge is 0.387 e. The third-order valence-corrected chi connectivity index (χ3v) is 3.26. The number of hydrogen-bond acceptors (Lipinski definition) is 2. The summed E-state index contributed by atoms with van der Waals surface area (Å²) in [6, 6.07) is 0. The normalized spacial score (nSPS) is 13.3. The Morgan fingerprint density at radius 1 is 1.31 bits per heavy atom. The van der Waals surface area contributed by atoms with E-state index in [0.29, 0.717) is 5.92 Å². The average molecular weight is 224 g/mol. The summed E-state index contributed by atoms with van der Waals surface area (Å²) in [6.45, 7) is 7.45. The first-order valence-electron chi connectivity index (χ1n) is 6.40. The van der Waals surface area contributed by atoms with E-state index in [-0.39, 0.29) is 6.10 Å².